The van der Waals surface area contributed by atoms with Gasteiger partial charge in [-0.1, -0.05) is 18.2 Å². The number of hydrogen-bond acceptors (Lipinski definition) is 4. The van der Waals surface area contributed by atoms with Gasteiger partial charge in [-0.2, -0.15) is 0 Å². The Bertz CT molecular complexity index is 919. The van der Waals surface area contributed by atoms with Crippen molar-refractivity contribution in [3.63, 3.8) is 0 Å². The summed E-state index contributed by atoms with van der Waals surface area (Å²) in [5.41, 5.74) is 1.80. The highest BCUT2D eigenvalue weighted by Gasteiger charge is 2.09. The van der Waals surface area contributed by atoms with Gasteiger partial charge in [-0.15, -0.1) is 0 Å². The topological polar surface area (TPSA) is 68.5 Å². The number of fused-ring (bicyclic) bond motifs is 1. The molecule has 0 spiro atoms. The third-order valence-electron chi connectivity index (χ3n) is 3.57. The monoisotopic (exact) mass is 349 g/mol. The molecule has 1 aromatic heterocycles. The molecule has 0 aliphatic heterocycles. The van der Waals surface area contributed by atoms with E-state index in [-0.39, 0.29) is 18.0 Å². The minimum atomic E-state index is -0.386. The zero-order valence-electron chi connectivity index (χ0n) is 14.6. The Morgan fingerprint density at radius 1 is 1.08 bits per heavy atom. The normalized spacial score (nSPS) is 11.2. The Hall–Kier alpha value is -3.34. The predicted octanol–water partition coefficient (Wildman–Crippen LogP) is 4.65. The second-order valence-corrected chi connectivity index (χ2v) is 6.04. The van der Waals surface area contributed by atoms with Crippen molar-refractivity contribution in [2.24, 2.45) is 0 Å². The Labute approximate surface area is 151 Å². The smallest absolute Gasteiger partial charge is 0.338 e. The number of benzene rings is 2. The first-order valence-corrected chi connectivity index (χ1v) is 8.30. The number of carbonyl (C=O) groups excluding carboxylic acids is 2. The van der Waals surface area contributed by atoms with Gasteiger partial charge in [0, 0.05) is 17.1 Å². The van der Waals surface area contributed by atoms with E-state index in [1.165, 1.54) is 6.08 Å². The Morgan fingerprint density at radius 2 is 1.81 bits per heavy atom. The number of furan rings is 1. The first-order chi connectivity index (χ1) is 12.5. The van der Waals surface area contributed by atoms with Crippen molar-refractivity contribution in [2.45, 2.75) is 20.0 Å². The Kier molecular flexibility index (Phi) is 5.17. The van der Waals surface area contributed by atoms with Crippen LogP contribution < -0.4 is 5.32 Å². The molecular weight excluding hydrogens is 330 g/mol. The second kappa shape index (κ2) is 7.70. The Morgan fingerprint density at radius 3 is 2.50 bits per heavy atom. The summed E-state index contributed by atoms with van der Waals surface area (Å²) in [6.45, 7) is 3.58. The summed E-state index contributed by atoms with van der Waals surface area (Å²) in [5, 5.41) is 3.72. The molecule has 3 rings (SSSR count). The number of esters is 1. The van der Waals surface area contributed by atoms with Gasteiger partial charge in [0.15, 0.2) is 0 Å². The molecule has 5 heteroatoms. The molecule has 132 valence electrons. The third kappa shape index (κ3) is 4.39. The lowest BCUT2D eigenvalue weighted by Gasteiger charge is -2.08. The zero-order valence-corrected chi connectivity index (χ0v) is 14.6. The molecule has 2 aromatic carbocycles. The van der Waals surface area contributed by atoms with E-state index in [9.17, 15) is 9.59 Å². The van der Waals surface area contributed by atoms with Crippen LogP contribution in [0.5, 0.6) is 0 Å². The Balaban J connectivity index is 1.61. The molecule has 1 heterocycles. The molecule has 1 N–H and O–H groups in total. The lowest BCUT2D eigenvalue weighted by Crippen LogP contribution is -2.12. The van der Waals surface area contributed by atoms with Gasteiger partial charge in [0.25, 0.3) is 0 Å². The maximum absolute atomic E-state index is 12.0. The van der Waals surface area contributed by atoms with Crippen molar-refractivity contribution in [3.8, 4) is 0 Å². The van der Waals surface area contributed by atoms with Crippen LogP contribution in [0, 0.1) is 0 Å². The van der Waals surface area contributed by atoms with Crippen LogP contribution in [0.15, 0.2) is 65.1 Å². The van der Waals surface area contributed by atoms with E-state index in [0.717, 1.165) is 11.0 Å². The van der Waals surface area contributed by atoms with Crippen molar-refractivity contribution >= 4 is 34.6 Å². The lowest BCUT2D eigenvalue weighted by atomic mass is 10.2. The van der Waals surface area contributed by atoms with Gasteiger partial charge in [-0.25, -0.2) is 4.79 Å². The first kappa shape index (κ1) is 17.5. The number of hydrogen-bond donors (Lipinski definition) is 1. The molecule has 0 bridgehead atoms. The number of carbonyl (C=O) groups is 2. The first-order valence-electron chi connectivity index (χ1n) is 8.30. The van der Waals surface area contributed by atoms with Crippen molar-refractivity contribution in [3.05, 3.63) is 72.0 Å². The van der Waals surface area contributed by atoms with Crippen molar-refractivity contribution < 1.29 is 18.7 Å². The van der Waals surface area contributed by atoms with Crippen molar-refractivity contribution in [2.75, 3.05) is 5.32 Å². The van der Waals surface area contributed by atoms with E-state index >= 15 is 0 Å². The lowest BCUT2D eigenvalue weighted by molar-refractivity contribution is -0.111. The molecule has 0 saturated carbocycles. The summed E-state index contributed by atoms with van der Waals surface area (Å²) in [6, 6.07) is 16.1. The van der Waals surface area contributed by atoms with Crippen LogP contribution in [0.25, 0.3) is 17.0 Å². The van der Waals surface area contributed by atoms with Crippen LogP contribution in [0.3, 0.4) is 0 Å². The largest absolute Gasteiger partial charge is 0.459 e. The highest BCUT2D eigenvalue weighted by molar-refractivity contribution is 6.02. The standard InChI is InChI=1S/C21H19NO4/c1-14(2)25-21(24)15-7-9-17(10-8-15)22-20(23)12-11-18-13-16-5-3-4-6-19(16)26-18/h3-14H,1-2H3,(H,22,23)/b12-11+. The average molecular weight is 349 g/mol. The van der Waals surface area contributed by atoms with Gasteiger partial charge in [0.05, 0.1) is 11.7 Å². The summed E-state index contributed by atoms with van der Waals surface area (Å²) >= 11 is 0. The van der Waals surface area contributed by atoms with E-state index in [1.54, 1.807) is 44.2 Å². The molecule has 26 heavy (non-hydrogen) atoms. The maximum Gasteiger partial charge on any atom is 0.338 e. The molecule has 3 aromatic rings. The summed E-state index contributed by atoms with van der Waals surface area (Å²) < 4.78 is 10.7. The number of rotatable bonds is 5. The number of ether oxygens (including phenoxy) is 1. The van der Waals surface area contributed by atoms with E-state index in [2.05, 4.69) is 5.32 Å². The highest BCUT2D eigenvalue weighted by Crippen LogP contribution is 2.19. The molecule has 0 fully saturated rings. The molecular formula is C21H19NO4. The van der Waals surface area contributed by atoms with Crippen LogP contribution in [0.4, 0.5) is 5.69 Å². The summed E-state index contributed by atoms with van der Waals surface area (Å²) in [5.74, 6) is -0.0706. The molecule has 0 radical (unpaired) electrons. The summed E-state index contributed by atoms with van der Waals surface area (Å²) in [6.07, 6.45) is 2.84. The van der Waals surface area contributed by atoms with Crippen LogP contribution in [-0.2, 0) is 9.53 Å². The highest BCUT2D eigenvalue weighted by atomic mass is 16.5. The number of amides is 1. The van der Waals surface area contributed by atoms with E-state index in [0.29, 0.717) is 17.0 Å². The van der Waals surface area contributed by atoms with Crippen LogP contribution >= 0.6 is 0 Å². The molecule has 0 aliphatic rings. The van der Waals surface area contributed by atoms with Gasteiger partial charge in [0.1, 0.15) is 11.3 Å². The van der Waals surface area contributed by atoms with Gasteiger partial charge in [-0.05, 0) is 56.3 Å². The molecule has 0 atom stereocenters. The van der Waals surface area contributed by atoms with Crippen molar-refractivity contribution in [1.29, 1.82) is 0 Å². The number of nitrogens with one attached hydrogen (secondary N) is 1. The fourth-order valence-electron chi connectivity index (χ4n) is 2.40. The van der Waals surface area contributed by atoms with Crippen molar-refractivity contribution in [1.82, 2.24) is 0 Å². The summed E-state index contributed by atoms with van der Waals surface area (Å²) in [7, 11) is 0. The molecule has 1 amide bonds. The van der Waals surface area contributed by atoms with E-state index in [4.69, 9.17) is 9.15 Å². The number of anilines is 1. The van der Waals surface area contributed by atoms with Crippen LogP contribution in [0.2, 0.25) is 0 Å². The van der Waals surface area contributed by atoms with E-state index in [1.807, 2.05) is 30.3 Å². The van der Waals surface area contributed by atoms with Gasteiger partial charge < -0.3 is 14.5 Å². The molecule has 0 saturated heterocycles. The maximum atomic E-state index is 12.0. The third-order valence-corrected chi connectivity index (χ3v) is 3.57. The zero-order chi connectivity index (χ0) is 18.5. The van der Waals surface area contributed by atoms with Gasteiger partial charge in [0.2, 0.25) is 5.91 Å². The van der Waals surface area contributed by atoms with Gasteiger partial charge >= 0.3 is 5.97 Å². The number of para-hydroxylation sites is 1. The van der Waals surface area contributed by atoms with Gasteiger partial charge in [-0.3, -0.25) is 4.79 Å². The molecule has 0 aliphatic carbocycles. The fraction of sp³-hybridized carbons (Fsp3) is 0.143. The summed E-state index contributed by atoms with van der Waals surface area (Å²) in [4.78, 5) is 23.8. The van der Waals surface area contributed by atoms with Crippen LogP contribution in [0.1, 0.15) is 30.0 Å². The second-order valence-electron chi connectivity index (χ2n) is 6.04. The van der Waals surface area contributed by atoms with E-state index < -0.39 is 0 Å². The molecule has 5 nitrogen and oxygen atoms in total. The minimum Gasteiger partial charge on any atom is -0.459 e. The van der Waals surface area contributed by atoms with Crippen LogP contribution in [-0.4, -0.2) is 18.0 Å². The minimum absolute atomic E-state index is 0.176. The quantitative estimate of drug-likeness (QED) is 0.538. The predicted molar refractivity (Wildman–Crippen MR) is 101 cm³/mol. The fourth-order valence-corrected chi connectivity index (χ4v) is 2.40. The SMILES string of the molecule is CC(C)OC(=O)c1ccc(NC(=O)/C=C/c2cc3ccccc3o2)cc1. The molecule has 0 unspecified atom stereocenters. The average Bonchev–Trinajstić information content (AvgIpc) is 3.03.